The van der Waals surface area contributed by atoms with Crippen LogP contribution >= 0.6 is 0 Å². The van der Waals surface area contributed by atoms with E-state index >= 15 is 0 Å². The molecule has 1 aliphatic rings. The lowest BCUT2D eigenvalue weighted by Crippen LogP contribution is -2.33. The SMILES string of the molecule is O=C(O)N1CC(c2cc(F)cc(F)c2)CC1O. The van der Waals surface area contributed by atoms with Crippen LogP contribution in [0.3, 0.4) is 0 Å². The Bertz CT molecular complexity index is 432. The first-order chi connectivity index (χ1) is 7.97. The van der Waals surface area contributed by atoms with Gasteiger partial charge in [-0.05, 0) is 17.7 Å². The van der Waals surface area contributed by atoms with Crippen LogP contribution in [0.5, 0.6) is 0 Å². The third-order valence-electron chi connectivity index (χ3n) is 2.87. The molecule has 2 rings (SSSR count). The minimum absolute atomic E-state index is 0.0411. The fourth-order valence-electron chi connectivity index (χ4n) is 2.07. The lowest BCUT2D eigenvalue weighted by molar-refractivity contribution is 0.0408. The van der Waals surface area contributed by atoms with Crippen molar-refractivity contribution in [3.05, 3.63) is 35.4 Å². The molecular weight excluding hydrogens is 232 g/mol. The average Bonchev–Trinajstić information content (AvgIpc) is 2.59. The quantitative estimate of drug-likeness (QED) is 0.790. The highest BCUT2D eigenvalue weighted by Crippen LogP contribution is 2.31. The molecule has 0 aromatic heterocycles. The summed E-state index contributed by atoms with van der Waals surface area (Å²) >= 11 is 0. The Kier molecular flexibility index (Phi) is 2.97. The molecule has 6 heteroatoms. The highest BCUT2D eigenvalue weighted by atomic mass is 19.1. The molecule has 1 aromatic rings. The van der Waals surface area contributed by atoms with Crippen LogP contribution in [0, 0.1) is 11.6 Å². The molecule has 1 amide bonds. The average molecular weight is 243 g/mol. The molecule has 0 radical (unpaired) electrons. The second-order valence-electron chi connectivity index (χ2n) is 4.05. The number of nitrogens with zero attached hydrogens (tertiary/aromatic N) is 1. The molecule has 1 aliphatic heterocycles. The summed E-state index contributed by atoms with van der Waals surface area (Å²) in [5.41, 5.74) is 0.366. The van der Waals surface area contributed by atoms with Gasteiger partial charge in [0.2, 0.25) is 0 Å². The van der Waals surface area contributed by atoms with Crippen LogP contribution in [-0.4, -0.2) is 34.0 Å². The lowest BCUT2D eigenvalue weighted by atomic mass is 9.98. The van der Waals surface area contributed by atoms with Gasteiger partial charge < -0.3 is 10.2 Å². The van der Waals surface area contributed by atoms with Gasteiger partial charge in [0.05, 0.1) is 0 Å². The standard InChI is InChI=1S/C11H11F2NO3/c12-8-1-6(2-9(13)4-8)7-3-10(15)14(5-7)11(16)17/h1-2,4,7,10,15H,3,5H2,(H,16,17). The molecule has 17 heavy (non-hydrogen) atoms. The monoisotopic (exact) mass is 243 g/mol. The Morgan fingerprint density at radius 1 is 1.29 bits per heavy atom. The number of carbonyl (C=O) groups is 1. The van der Waals surface area contributed by atoms with E-state index in [1.165, 1.54) is 0 Å². The van der Waals surface area contributed by atoms with Crippen molar-refractivity contribution >= 4 is 6.09 Å². The molecule has 1 aromatic carbocycles. The maximum Gasteiger partial charge on any atom is 0.409 e. The number of hydrogen-bond donors (Lipinski definition) is 2. The molecule has 0 saturated carbocycles. The number of halogens is 2. The molecule has 4 nitrogen and oxygen atoms in total. The summed E-state index contributed by atoms with van der Waals surface area (Å²) < 4.78 is 26.0. The van der Waals surface area contributed by atoms with Crippen molar-refractivity contribution in [3.8, 4) is 0 Å². The number of rotatable bonds is 1. The Morgan fingerprint density at radius 3 is 2.35 bits per heavy atom. The minimum Gasteiger partial charge on any atom is -0.465 e. The third-order valence-corrected chi connectivity index (χ3v) is 2.87. The summed E-state index contributed by atoms with van der Waals surface area (Å²) in [5.74, 6) is -1.79. The van der Waals surface area contributed by atoms with Gasteiger partial charge in [-0.25, -0.2) is 13.6 Å². The zero-order valence-corrected chi connectivity index (χ0v) is 8.81. The van der Waals surface area contributed by atoms with Gasteiger partial charge in [-0.3, -0.25) is 4.90 Å². The van der Waals surface area contributed by atoms with Crippen molar-refractivity contribution in [2.45, 2.75) is 18.6 Å². The van der Waals surface area contributed by atoms with E-state index in [1.54, 1.807) is 0 Å². The first-order valence-electron chi connectivity index (χ1n) is 5.11. The second-order valence-corrected chi connectivity index (χ2v) is 4.05. The van der Waals surface area contributed by atoms with E-state index in [2.05, 4.69) is 0 Å². The molecular formula is C11H11F2NO3. The first kappa shape index (κ1) is 11.8. The number of carboxylic acid groups (broad SMARTS) is 1. The van der Waals surface area contributed by atoms with Gasteiger partial charge in [-0.1, -0.05) is 0 Å². The van der Waals surface area contributed by atoms with E-state index in [1.807, 2.05) is 0 Å². The number of aliphatic hydroxyl groups is 1. The summed E-state index contributed by atoms with van der Waals surface area (Å²) in [6.07, 6.45) is -2.21. The van der Waals surface area contributed by atoms with Crippen molar-refractivity contribution < 1.29 is 23.8 Å². The highest BCUT2D eigenvalue weighted by molar-refractivity contribution is 5.65. The van der Waals surface area contributed by atoms with Crippen molar-refractivity contribution in [3.63, 3.8) is 0 Å². The van der Waals surface area contributed by atoms with Crippen LogP contribution in [0.15, 0.2) is 18.2 Å². The molecule has 2 N–H and O–H groups in total. The Balaban J connectivity index is 2.22. The largest absolute Gasteiger partial charge is 0.465 e. The molecule has 0 bridgehead atoms. The molecule has 1 heterocycles. The Hall–Kier alpha value is -1.69. The van der Waals surface area contributed by atoms with E-state index in [9.17, 15) is 18.7 Å². The van der Waals surface area contributed by atoms with Crippen molar-refractivity contribution in [1.82, 2.24) is 4.90 Å². The number of hydrogen-bond acceptors (Lipinski definition) is 2. The van der Waals surface area contributed by atoms with Crippen LogP contribution in [0.2, 0.25) is 0 Å². The molecule has 0 spiro atoms. The zero-order chi connectivity index (χ0) is 12.6. The maximum absolute atomic E-state index is 13.0. The van der Waals surface area contributed by atoms with Gasteiger partial charge in [-0.15, -0.1) is 0 Å². The van der Waals surface area contributed by atoms with E-state index in [0.29, 0.717) is 5.56 Å². The van der Waals surface area contributed by atoms with E-state index in [0.717, 1.165) is 23.1 Å². The Morgan fingerprint density at radius 2 is 1.88 bits per heavy atom. The highest BCUT2D eigenvalue weighted by Gasteiger charge is 2.34. The van der Waals surface area contributed by atoms with E-state index in [4.69, 9.17) is 5.11 Å². The number of benzene rings is 1. The van der Waals surface area contributed by atoms with Crippen LogP contribution in [0.4, 0.5) is 13.6 Å². The molecule has 1 saturated heterocycles. The van der Waals surface area contributed by atoms with E-state index in [-0.39, 0.29) is 18.9 Å². The van der Waals surface area contributed by atoms with Crippen molar-refractivity contribution in [1.29, 1.82) is 0 Å². The normalized spacial score (nSPS) is 24.1. The fraction of sp³-hybridized carbons (Fsp3) is 0.364. The van der Waals surface area contributed by atoms with Gasteiger partial charge in [0.15, 0.2) is 0 Å². The molecule has 1 fully saturated rings. The predicted molar refractivity (Wildman–Crippen MR) is 54.5 cm³/mol. The summed E-state index contributed by atoms with van der Waals surface area (Å²) in [4.78, 5) is 11.6. The minimum atomic E-state index is -1.24. The number of likely N-dealkylation sites (tertiary alicyclic amines) is 1. The van der Waals surface area contributed by atoms with E-state index < -0.39 is 24.0 Å². The number of aliphatic hydroxyl groups excluding tert-OH is 1. The topological polar surface area (TPSA) is 60.8 Å². The van der Waals surface area contributed by atoms with Crippen LogP contribution in [-0.2, 0) is 0 Å². The first-order valence-corrected chi connectivity index (χ1v) is 5.11. The number of amides is 1. The smallest absolute Gasteiger partial charge is 0.409 e. The summed E-state index contributed by atoms with van der Waals surface area (Å²) in [7, 11) is 0. The van der Waals surface area contributed by atoms with Gasteiger partial charge in [0.1, 0.15) is 17.9 Å². The molecule has 2 atom stereocenters. The molecule has 0 aliphatic carbocycles. The third kappa shape index (κ3) is 2.36. The summed E-state index contributed by atoms with van der Waals surface area (Å²) in [6.45, 7) is 0.0411. The van der Waals surface area contributed by atoms with Crippen LogP contribution in [0.25, 0.3) is 0 Å². The van der Waals surface area contributed by atoms with Gasteiger partial charge in [-0.2, -0.15) is 0 Å². The van der Waals surface area contributed by atoms with Gasteiger partial charge in [0.25, 0.3) is 0 Å². The summed E-state index contributed by atoms with van der Waals surface area (Å²) in [5, 5.41) is 18.3. The van der Waals surface area contributed by atoms with Crippen LogP contribution in [0.1, 0.15) is 17.9 Å². The van der Waals surface area contributed by atoms with Crippen molar-refractivity contribution in [2.75, 3.05) is 6.54 Å². The predicted octanol–water partition coefficient (Wildman–Crippen LogP) is 1.75. The van der Waals surface area contributed by atoms with Gasteiger partial charge in [0, 0.05) is 24.9 Å². The Labute approximate surface area is 96.1 Å². The zero-order valence-electron chi connectivity index (χ0n) is 8.81. The molecule has 2 unspecified atom stereocenters. The van der Waals surface area contributed by atoms with Crippen LogP contribution < -0.4 is 0 Å². The summed E-state index contributed by atoms with van der Waals surface area (Å²) in [6, 6.07) is 3.07. The second kappa shape index (κ2) is 4.29. The maximum atomic E-state index is 13.0. The van der Waals surface area contributed by atoms with Crippen molar-refractivity contribution in [2.24, 2.45) is 0 Å². The van der Waals surface area contributed by atoms with Gasteiger partial charge >= 0.3 is 6.09 Å². The molecule has 92 valence electrons. The lowest BCUT2D eigenvalue weighted by Gasteiger charge is -2.15. The fourth-order valence-corrected chi connectivity index (χ4v) is 2.07.